The predicted molar refractivity (Wildman–Crippen MR) is 124 cm³/mol. The predicted octanol–water partition coefficient (Wildman–Crippen LogP) is 6.54. The van der Waals surface area contributed by atoms with Gasteiger partial charge in [0.15, 0.2) is 17.6 Å². The molecule has 0 amide bonds. The van der Waals surface area contributed by atoms with Crippen LogP contribution in [0.2, 0.25) is 0 Å². The quantitative estimate of drug-likeness (QED) is 0.406. The lowest BCUT2D eigenvalue weighted by Crippen LogP contribution is -2.21. The van der Waals surface area contributed by atoms with Crippen LogP contribution in [-0.4, -0.2) is 17.7 Å². The average Bonchev–Trinajstić information content (AvgIpc) is 2.83. The summed E-state index contributed by atoms with van der Waals surface area (Å²) < 4.78 is 12.3. The van der Waals surface area contributed by atoms with Crippen LogP contribution in [-0.2, 0) is 0 Å². The Kier molecular flexibility index (Phi) is 5.12. The van der Waals surface area contributed by atoms with Crippen molar-refractivity contribution in [2.75, 3.05) is 6.61 Å². The Hall–Kier alpha value is -4.05. The highest BCUT2D eigenvalue weighted by atomic mass is 16.6. The smallest absolute Gasteiger partial charge is 0.336 e. The number of carboxylic acid groups (broad SMARTS) is 1. The molecule has 32 heavy (non-hydrogen) atoms. The summed E-state index contributed by atoms with van der Waals surface area (Å²) in [5.41, 5.74) is 6.22. The molecule has 1 N–H and O–H groups in total. The Morgan fingerprint density at radius 1 is 0.812 bits per heavy atom. The minimum absolute atomic E-state index is 0.253. The molecule has 0 radical (unpaired) electrons. The number of benzene rings is 4. The Balaban J connectivity index is 1.46. The molecule has 1 atom stereocenters. The lowest BCUT2D eigenvalue weighted by Gasteiger charge is -2.27. The van der Waals surface area contributed by atoms with E-state index in [1.165, 1.54) is 5.56 Å². The minimum Gasteiger partial charge on any atom is -0.485 e. The number of rotatable bonds is 4. The number of ether oxygens (including phenoxy) is 2. The molecule has 0 saturated carbocycles. The van der Waals surface area contributed by atoms with Gasteiger partial charge in [-0.25, -0.2) is 4.79 Å². The first-order valence-corrected chi connectivity index (χ1v) is 10.5. The lowest BCUT2D eigenvalue weighted by atomic mass is 9.98. The van der Waals surface area contributed by atoms with Crippen LogP contribution in [0.5, 0.6) is 11.5 Å². The van der Waals surface area contributed by atoms with Gasteiger partial charge in [0.05, 0.1) is 5.56 Å². The molecule has 1 aliphatic heterocycles. The van der Waals surface area contributed by atoms with Crippen molar-refractivity contribution in [2.45, 2.75) is 13.0 Å². The molecule has 4 heteroatoms. The SMILES string of the molecule is Cc1cccc(-c2cccc(C3COc4ccc(-c5ccccc5C(=O)O)cc4O3)c2)c1. The summed E-state index contributed by atoms with van der Waals surface area (Å²) in [6, 6.07) is 29.2. The van der Waals surface area contributed by atoms with Crippen LogP contribution in [0.1, 0.15) is 27.6 Å². The van der Waals surface area contributed by atoms with Gasteiger partial charge in [-0.2, -0.15) is 0 Å². The summed E-state index contributed by atoms with van der Waals surface area (Å²) in [5.74, 6) is 0.314. The normalized spacial score (nSPS) is 14.7. The first-order chi connectivity index (χ1) is 15.6. The van der Waals surface area contributed by atoms with Crippen molar-refractivity contribution in [3.05, 3.63) is 108 Å². The molecular formula is C28H22O4. The molecule has 158 valence electrons. The second-order valence-electron chi connectivity index (χ2n) is 7.92. The highest BCUT2D eigenvalue weighted by molar-refractivity contribution is 5.96. The van der Waals surface area contributed by atoms with E-state index in [1.54, 1.807) is 18.2 Å². The van der Waals surface area contributed by atoms with Crippen molar-refractivity contribution in [2.24, 2.45) is 0 Å². The summed E-state index contributed by atoms with van der Waals surface area (Å²) in [4.78, 5) is 11.6. The third-order valence-electron chi connectivity index (χ3n) is 5.68. The summed E-state index contributed by atoms with van der Waals surface area (Å²) >= 11 is 0. The molecule has 0 spiro atoms. The number of hydrogen-bond acceptors (Lipinski definition) is 3. The number of aromatic carboxylic acids is 1. The largest absolute Gasteiger partial charge is 0.485 e. The first-order valence-electron chi connectivity index (χ1n) is 10.5. The van der Waals surface area contributed by atoms with Crippen LogP contribution >= 0.6 is 0 Å². The molecule has 0 aromatic heterocycles. The Labute approximate surface area is 186 Å². The van der Waals surface area contributed by atoms with Crippen molar-refractivity contribution in [3.63, 3.8) is 0 Å². The molecule has 0 aliphatic carbocycles. The molecule has 1 heterocycles. The van der Waals surface area contributed by atoms with Crippen molar-refractivity contribution >= 4 is 5.97 Å². The third-order valence-corrected chi connectivity index (χ3v) is 5.68. The fourth-order valence-corrected chi connectivity index (χ4v) is 4.07. The number of carboxylic acids is 1. The molecule has 0 bridgehead atoms. The van der Waals surface area contributed by atoms with Gasteiger partial charge >= 0.3 is 5.97 Å². The Bertz CT molecular complexity index is 1310. The van der Waals surface area contributed by atoms with Gasteiger partial charge in [-0.3, -0.25) is 0 Å². The van der Waals surface area contributed by atoms with Crippen LogP contribution in [0.3, 0.4) is 0 Å². The van der Waals surface area contributed by atoms with E-state index in [2.05, 4.69) is 43.3 Å². The van der Waals surface area contributed by atoms with Crippen LogP contribution in [0.15, 0.2) is 91.0 Å². The van der Waals surface area contributed by atoms with Gasteiger partial charge in [-0.1, -0.05) is 72.3 Å². The van der Waals surface area contributed by atoms with Gasteiger partial charge in [0.25, 0.3) is 0 Å². The second-order valence-corrected chi connectivity index (χ2v) is 7.92. The zero-order valence-electron chi connectivity index (χ0n) is 17.6. The fraction of sp³-hybridized carbons (Fsp3) is 0.107. The van der Waals surface area contributed by atoms with Crippen molar-refractivity contribution in [3.8, 4) is 33.8 Å². The van der Waals surface area contributed by atoms with Crippen LogP contribution < -0.4 is 9.47 Å². The molecule has 1 unspecified atom stereocenters. The summed E-state index contributed by atoms with van der Waals surface area (Å²) in [7, 11) is 0. The molecular weight excluding hydrogens is 400 g/mol. The van der Waals surface area contributed by atoms with Gasteiger partial charge in [0.2, 0.25) is 0 Å². The standard InChI is InChI=1S/C28H22O4/c1-18-6-4-7-19(14-18)20-8-5-9-22(15-20)27-17-31-25-13-12-21(16-26(25)32-27)23-10-2-3-11-24(23)28(29)30/h2-16,27H,17H2,1H3,(H,29,30). The van der Waals surface area contributed by atoms with Gasteiger partial charge in [-0.15, -0.1) is 0 Å². The summed E-state index contributed by atoms with van der Waals surface area (Å²) in [6.45, 7) is 2.50. The average molecular weight is 422 g/mol. The highest BCUT2D eigenvalue weighted by Crippen LogP contribution is 2.40. The Morgan fingerprint density at radius 2 is 1.59 bits per heavy atom. The zero-order chi connectivity index (χ0) is 22.1. The maximum Gasteiger partial charge on any atom is 0.336 e. The summed E-state index contributed by atoms with van der Waals surface area (Å²) in [5, 5.41) is 9.54. The minimum atomic E-state index is -0.957. The molecule has 4 aromatic carbocycles. The van der Waals surface area contributed by atoms with E-state index in [1.807, 2.05) is 36.4 Å². The second kappa shape index (κ2) is 8.23. The topological polar surface area (TPSA) is 55.8 Å². The molecule has 5 rings (SSSR count). The first kappa shape index (κ1) is 19.9. The van der Waals surface area contributed by atoms with Crippen molar-refractivity contribution < 1.29 is 19.4 Å². The maximum absolute atomic E-state index is 11.6. The Morgan fingerprint density at radius 3 is 2.41 bits per heavy atom. The van der Waals surface area contributed by atoms with Crippen molar-refractivity contribution in [1.82, 2.24) is 0 Å². The number of fused-ring (bicyclic) bond motifs is 1. The number of hydrogen-bond donors (Lipinski definition) is 1. The van der Waals surface area contributed by atoms with Crippen molar-refractivity contribution in [1.29, 1.82) is 0 Å². The molecule has 1 aliphatic rings. The van der Waals surface area contributed by atoms with E-state index in [0.29, 0.717) is 23.7 Å². The lowest BCUT2D eigenvalue weighted by molar-refractivity contribution is 0.0697. The maximum atomic E-state index is 11.6. The van der Waals surface area contributed by atoms with E-state index >= 15 is 0 Å². The van der Waals surface area contributed by atoms with E-state index in [0.717, 1.165) is 22.3 Å². The van der Waals surface area contributed by atoms with Gasteiger partial charge in [-0.05, 0) is 59.0 Å². The van der Waals surface area contributed by atoms with Gasteiger partial charge in [0, 0.05) is 0 Å². The molecule has 0 saturated heterocycles. The third kappa shape index (κ3) is 3.83. The van der Waals surface area contributed by atoms with E-state index in [4.69, 9.17) is 9.47 Å². The zero-order valence-corrected chi connectivity index (χ0v) is 17.6. The van der Waals surface area contributed by atoms with E-state index in [-0.39, 0.29) is 11.7 Å². The highest BCUT2D eigenvalue weighted by Gasteiger charge is 2.24. The van der Waals surface area contributed by atoms with Crippen LogP contribution in [0.4, 0.5) is 0 Å². The van der Waals surface area contributed by atoms with Gasteiger partial charge in [0.1, 0.15) is 6.61 Å². The fourth-order valence-electron chi connectivity index (χ4n) is 4.07. The summed E-state index contributed by atoms with van der Waals surface area (Å²) in [6.07, 6.45) is -0.253. The number of carbonyl (C=O) groups is 1. The molecule has 4 nitrogen and oxygen atoms in total. The van der Waals surface area contributed by atoms with E-state index < -0.39 is 5.97 Å². The molecule has 0 fully saturated rings. The van der Waals surface area contributed by atoms with E-state index in [9.17, 15) is 9.90 Å². The van der Waals surface area contributed by atoms with Crippen LogP contribution in [0.25, 0.3) is 22.3 Å². The molecule has 4 aromatic rings. The van der Waals surface area contributed by atoms with Gasteiger partial charge < -0.3 is 14.6 Å². The monoisotopic (exact) mass is 422 g/mol. The van der Waals surface area contributed by atoms with Crippen LogP contribution in [0, 0.1) is 6.92 Å². The number of aryl methyl sites for hydroxylation is 1.